The van der Waals surface area contributed by atoms with Crippen molar-refractivity contribution in [2.24, 2.45) is 0 Å². The summed E-state index contributed by atoms with van der Waals surface area (Å²) in [5, 5.41) is 11.3. The van der Waals surface area contributed by atoms with E-state index >= 15 is 0 Å². The molecule has 0 saturated heterocycles. The van der Waals surface area contributed by atoms with E-state index in [1.807, 2.05) is 4.57 Å². The number of hydrogen-bond acceptors (Lipinski definition) is 4. The monoisotopic (exact) mass is 363 g/mol. The van der Waals surface area contributed by atoms with Gasteiger partial charge in [0.05, 0.1) is 29.3 Å². The Bertz CT molecular complexity index is 960. The van der Waals surface area contributed by atoms with Gasteiger partial charge in [-0.05, 0) is 38.8 Å². The van der Waals surface area contributed by atoms with Crippen molar-refractivity contribution in [2.75, 3.05) is 0 Å². The second kappa shape index (κ2) is 5.90. The summed E-state index contributed by atoms with van der Waals surface area (Å²) in [6.45, 7) is 4.12. The number of imidazole rings is 1. The lowest BCUT2D eigenvalue weighted by Crippen LogP contribution is -2.27. The van der Waals surface area contributed by atoms with Crippen molar-refractivity contribution in [3.05, 3.63) is 35.0 Å². The van der Waals surface area contributed by atoms with Crippen LogP contribution in [0, 0.1) is 5.82 Å². The van der Waals surface area contributed by atoms with Gasteiger partial charge in [0.2, 0.25) is 0 Å². The van der Waals surface area contributed by atoms with Crippen LogP contribution in [0.3, 0.4) is 0 Å². The summed E-state index contributed by atoms with van der Waals surface area (Å²) in [6, 6.07) is 4.41. The van der Waals surface area contributed by atoms with Gasteiger partial charge in [0.1, 0.15) is 23.8 Å². The van der Waals surface area contributed by atoms with Crippen LogP contribution in [0.2, 0.25) is 5.15 Å². The molecular formula is C18H19ClFN3O2. The largest absolute Gasteiger partial charge is 0.389 e. The van der Waals surface area contributed by atoms with E-state index in [-0.39, 0.29) is 17.1 Å². The molecule has 3 aromatic rings. The first kappa shape index (κ1) is 16.7. The van der Waals surface area contributed by atoms with Crippen molar-refractivity contribution < 1.29 is 14.2 Å². The molecule has 0 unspecified atom stereocenters. The van der Waals surface area contributed by atoms with Crippen molar-refractivity contribution in [3.63, 3.8) is 0 Å². The van der Waals surface area contributed by atoms with Crippen LogP contribution in [0.15, 0.2) is 18.2 Å². The summed E-state index contributed by atoms with van der Waals surface area (Å²) in [5.41, 5.74) is 0.791. The van der Waals surface area contributed by atoms with E-state index in [4.69, 9.17) is 16.3 Å². The van der Waals surface area contributed by atoms with Crippen LogP contribution in [-0.2, 0) is 17.9 Å². The van der Waals surface area contributed by atoms with Gasteiger partial charge < -0.3 is 14.4 Å². The van der Waals surface area contributed by atoms with Crippen molar-refractivity contribution in [1.82, 2.24) is 14.5 Å². The number of hydrogen-bond donors (Lipinski definition) is 1. The number of halogens is 2. The zero-order chi connectivity index (χ0) is 17.8. The molecule has 1 aromatic carbocycles. The zero-order valence-corrected chi connectivity index (χ0v) is 14.8. The van der Waals surface area contributed by atoms with Crippen molar-refractivity contribution in [3.8, 4) is 0 Å². The predicted molar refractivity (Wildman–Crippen MR) is 94.1 cm³/mol. The molecule has 0 atom stereocenters. The lowest BCUT2D eigenvalue weighted by Gasteiger charge is -2.20. The van der Waals surface area contributed by atoms with E-state index in [0.29, 0.717) is 30.0 Å². The first-order valence-corrected chi connectivity index (χ1v) is 8.67. The van der Waals surface area contributed by atoms with Gasteiger partial charge in [-0.1, -0.05) is 11.6 Å². The van der Waals surface area contributed by atoms with E-state index in [1.165, 1.54) is 12.1 Å². The van der Waals surface area contributed by atoms with E-state index in [0.717, 1.165) is 23.7 Å². The summed E-state index contributed by atoms with van der Waals surface area (Å²) in [4.78, 5) is 8.88. The van der Waals surface area contributed by atoms with E-state index < -0.39 is 5.60 Å². The highest BCUT2D eigenvalue weighted by Gasteiger charge is 2.26. The first-order valence-electron chi connectivity index (χ1n) is 8.30. The summed E-state index contributed by atoms with van der Waals surface area (Å²) in [5.74, 6) is 0.311. The van der Waals surface area contributed by atoms with Gasteiger partial charge in [-0.2, -0.15) is 0 Å². The average Bonchev–Trinajstić information content (AvgIpc) is 3.27. The molecule has 4 rings (SSSR count). The Morgan fingerprint density at radius 2 is 2.12 bits per heavy atom. The molecule has 1 saturated carbocycles. The number of pyridine rings is 1. The molecular weight excluding hydrogens is 345 g/mol. The lowest BCUT2D eigenvalue weighted by atomic mass is 10.1. The number of rotatable bonds is 5. The Morgan fingerprint density at radius 3 is 2.80 bits per heavy atom. The minimum atomic E-state index is -0.954. The molecule has 0 aliphatic heterocycles. The number of benzene rings is 1. The van der Waals surface area contributed by atoms with Crippen LogP contribution in [0.25, 0.3) is 21.9 Å². The predicted octanol–water partition coefficient (Wildman–Crippen LogP) is 3.83. The van der Waals surface area contributed by atoms with Crippen LogP contribution < -0.4 is 0 Å². The smallest absolute Gasteiger partial charge is 0.157 e. The fourth-order valence-corrected chi connectivity index (χ4v) is 3.19. The van der Waals surface area contributed by atoms with Gasteiger partial charge in [-0.15, -0.1) is 0 Å². The van der Waals surface area contributed by atoms with E-state index in [2.05, 4.69) is 9.97 Å². The zero-order valence-electron chi connectivity index (χ0n) is 14.1. The number of aromatic nitrogens is 3. The summed E-state index contributed by atoms with van der Waals surface area (Å²) >= 11 is 6.31. The standard InChI is InChI=1S/C18H19ClFN3O2/c1-18(2,24)9-23-14(8-25-11-4-5-11)22-15-16(23)12-6-3-10(20)7-13(12)21-17(15)19/h3,6-7,11,24H,4-5,8-9H2,1-2H3. The Kier molecular flexibility index (Phi) is 3.94. The molecule has 25 heavy (non-hydrogen) atoms. The molecule has 1 aliphatic rings. The first-order chi connectivity index (χ1) is 11.8. The third kappa shape index (κ3) is 3.34. The van der Waals surface area contributed by atoms with Gasteiger partial charge in [-0.25, -0.2) is 14.4 Å². The summed E-state index contributed by atoms with van der Waals surface area (Å²) < 4.78 is 21.3. The fraction of sp³-hybridized carbons (Fsp3) is 0.444. The van der Waals surface area contributed by atoms with Crippen LogP contribution in [0.1, 0.15) is 32.5 Å². The maximum atomic E-state index is 13.6. The second-order valence-electron chi connectivity index (χ2n) is 7.20. The Hall–Kier alpha value is -1.76. The molecule has 1 aliphatic carbocycles. The highest BCUT2D eigenvalue weighted by molar-refractivity contribution is 6.35. The van der Waals surface area contributed by atoms with Gasteiger partial charge in [0.25, 0.3) is 0 Å². The molecule has 0 spiro atoms. The van der Waals surface area contributed by atoms with E-state index in [1.54, 1.807) is 19.9 Å². The molecule has 132 valence electrons. The van der Waals surface area contributed by atoms with E-state index in [9.17, 15) is 9.50 Å². The third-order valence-electron chi connectivity index (χ3n) is 4.19. The molecule has 1 fully saturated rings. The highest BCUT2D eigenvalue weighted by atomic mass is 35.5. The lowest BCUT2D eigenvalue weighted by molar-refractivity contribution is 0.0562. The highest BCUT2D eigenvalue weighted by Crippen LogP contribution is 2.32. The summed E-state index contributed by atoms with van der Waals surface area (Å²) in [6.07, 6.45) is 2.42. The number of aliphatic hydroxyl groups is 1. The SMILES string of the molecule is CC(C)(O)Cn1c(COC2CC2)nc2c(Cl)nc3cc(F)ccc3c21. The number of ether oxygens (including phenoxy) is 1. The molecule has 7 heteroatoms. The average molecular weight is 364 g/mol. The normalized spacial score (nSPS) is 15.4. The molecule has 0 radical (unpaired) electrons. The van der Waals surface area contributed by atoms with Crippen LogP contribution >= 0.6 is 11.6 Å². The maximum absolute atomic E-state index is 13.6. The fourth-order valence-electron chi connectivity index (χ4n) is 2.97. The third-order valence-corrected chi connectivity index (χ3v) is 4.46. The van der Waals surface area contributed by atoms with Crippen LogP contribution in [-0.4, -0.2) is 31.3 Å². The number of fused-ring (bicyclic) bond motifs is 3. The molecule has 2 heterocycles. The van der Waals surface area contributed by atoms with Crippen molar-refractivity contribution in [2.45, 2.75) is 51.5 Å². The Labute approximate surface area is 149 Å². The molecule has 1 N–H and O–H groups in total. The van der Waals surface area contributed by atoms with Gasteiger partial charge >= 0.3 is 0 Å². The second-order valence-corrected chi connectivity index (χ2v) is 7.56. The van der Waals surface area contributed by atoms with Gasteiger partial charge in [0, 0.05) is 11.5 Å². The van der Waals surface area contributed by atoms with Gasteiger partial charge in [-0.3, -0.25) is 0 Å². The van der Waals surface area contributed by atoms with Crippen LogP contribution in [0.4, 0.5) is 4.39 Å². The van der Waals surface area contributed by atoms with Crippen molar-refractivity contribution in [1.29, 1.82) is 0 Å². The van der Waals surface area contributed by atoms with Crippen LogP contribution in [0.5, 0.6) is 0 Å². The summed E-state index contributed by atoms with van der Waals surface area (Å²) in [7, 11) is 0. The molecule has 0 bridgehead atoms. The molecule has 0 amide bonds. The molecule has 5 nitrogen and oxygen atoms in total. The molecule has 2 aromatic heterocycles. The minimum absolute atomic E-state index is 0.218. The Morgan fingerprint density at radius 1 is 1.36 bits per heavy atom. The number of nitrogens with zero attached hydrogens (tertiary/aromatic N) is 3. The quantitative estimate of drug-likeness (QED) is 0.700. The maximum Gasteiger partial charge on any atom is 0.157 e. The van der Waals surface area contributed by atoms with Gasteiger partial charge in [0.15, 0.2) is 5.15 Å². The van der Waals surface area contributed by atoms with Crippen molar-refractivity contribution >= 4 is 33.5 Å². The topological polar surface area (TPSA) is 60.2 Å². The minimum Gasteiger partial charge on any atom is -0.389 e. The Balaban J connectivity index is 1.95.